The van der Waals surface area contributed by atoms with Crippen LogP contribution in [0.2, 0.25) is 0 Å². The maximum atomic E-state index is 14.0. The predicted octanol–water partition coefficient (Wildman–Crippen LogP) is 3.37. The molecule has 1 atom stereocenters. The summed E-state index contributed by atoms with van der Waals surface area (Å²) in [5, 5.41) is 13.8. The summed E-state index contributed by atoms with van der Waals surface area (Å²) in [6.45, 7) is 5.87. The Balaban J connectivity index is 1.98. The molecule has 1 aliphatic heterocycles. The zero-order valence-electron chi connectivity index (χ0n) is 13.4. The van der Waals surface area contributed by atoms with Crippen molar-refractivity contribution >= 4 is 0 Å². The van der Waals surface area contributed by atoms with Crippen LogP contribution in [-0.4, -0.2) is 36.2 Å². The number of halogens is 1. The summed E-state index contributed by atoms with van der Waals surface area (Å²) in [5.41, 5.74) is 1.84. The largest absolute Gasteiger partial charge is 0.505 e. The first-order valence-electron chi connectivity index (χ1n) is 8.61. The van der Waals surface area contributed by atoms with E-state index in [1.165, 1.54) is 38.2 Å². The van der Waals surface area contributed by atoms with Crippen LogP contribution in [0.4, 0.5) is 4.39 Å². The molecule has 3 nitrogen and oxygen atoms in total. The minimum Gasteiger partial charge on any atom is -0.505 e. The van der Waals surface area contributed by atoms with Crippen LogP contribution in [0.1, 0.15) is 49.3 Å². The highest BCUT2D eigenvalue weighted by molar-refractivity contribution is 5.42. The summed E-state index contributed by atoms with van der Waals surface area (Å²) in [5.74, 6) is -0.0936. The molecule has 1 saturated carbocycles. The summed E-state index contributed by atoms with van der Waals surface area (Å²) in [6, 6.07) is 3.34. The molecule has 1 aromatic carbocycles. The van der Waals surface area contributed by atoms with Crippen molar-refractivity contribution in [3.63, 3.8) is 0 Å². The first-order chi connectivity index (χ1) is 10.7. The Morgan fingerprint density at radius 1 is 1.18 bits per heavy atom. The summed E-state index contributed by atoms with van der Waals surface area (Å²) < 4.78 is 14.0. The van der Waals surface area contributed by atoms with Crippen LogP contribution in [0.15, 0.2) is 12.1 Å². The third kappa shape index (κ3) is 3.13. The van der Waals surface area contributed by atoms with E-state index >= 15 is 0 Å². The molecule has 0 amide bonds. The Morgan fingerprint density at radius 2 is 1.86 bits per heavy atom. The van der Waals surface area contributed by atoms with Crippen molar-refractivity contribution in [2.24, 2.45) is 5.92 Å². The third-order valence-corrected chi connectivity index (χ3v) is 5.32. The van der Waals surface area contributed by atoms with Gasteiger partial charge in [0, 0.05) is 37.8 Å². The van der Waals surface area contributed by atoms with E-state index in [9.17, 15) is 9.50 Å². The van der Waals surface area contributed by atoms with Gasteiger partial charge in [0.15, 0.2) is 11.6 Å². The summed E-state index contributed by atoms with van der Waals surface area (Å²) >= 11 is 0. The molecule has 1 aliphatic carbocycles. The molecule has 1 heterocycles. The summed E-state index contributed by atoms with van der Waals surface area (Å²) in [7, 11) is 0. The number of phenolic OH excluding ortho intramolecular Hbond substituents is 1. The van der Waals surface area contributed by atoms with Crippen molar-refractivity contribution in [3.8, 4) is 5.75 Å². The number of nitrogens with zero attached hydrogens (tertiary/aromatic N) is 1. The Bertz CT molecular complexity index is 490. The van der Waals surface area contributed by atoms with Crippen molar-refractivity contribution in [1.29, 1.82) is 0 Å². The van der Waals surface area contributed by atoms with E-state index in [1.807, 2.05) is 13.0 Å². The summed E-state index contributed by atoms with van der Waals surface area (Å²) in [6.07, 6.45) is 6.18. The second-order valence-electron chi connectivity index (χ2n) is 6.76. The molecule has 0 aromatic heterocycles. The Kier molecular flexibility index (Phi) is 4.99. The second-order valence-corrected chi connectivity index (χ2v) is 6.76. The predicted molar refractivity (Wildman–Crippen MR) is 86.6 cm³/mol. The van der Waals surface area contributed by atoms with Gasteiger partial charge in [0.25, 0.3) is 0 Å². The van der Waals surface area contributed by atoms with Gasteiger partial charge in [-0.1, -0.05) is 25.3 Å². The fourth-order valence-corrected chi connectivity index (χ4v) is 4.18. The lowest BCUT2D eigenvalue weighted by molar-refractivity contribution is 0.100. The number of rotatable bonds is 3. The number of benzene rings is 1. The molecule has 4 heteroatoms. The molecule has 2 fully saturated rings. The third-order valence-electron chi connectivity index (χ3n) is 5.32. The van der Waals surface area contributed by atoms with E-state index in [-0.39, 0.29) is 11.8 Å². The number of aromatic hydroxyl groups is 1. The van der Waals surface area contributed by atoms with E-state index in [2.05, 4.69) is 10.2 Å². The Labute approximate surface area is 132 Å². The first-order valence-corrected chi connectivity index (χ1v) is 8.61. The first kappa shape index (κ1) is 15.8. The van der Waals surface area contributed by atoms with E-state index in [4.69, 9.17) is 0 Å². The zero-order chi connectivity index (χ0) is 15.5. The second kappa shape index (κ2) is 6.97. The minimum absolute atomic E-state index is 0.130. The molecule has 2 N–H and O–H groups in total. The number of hydrogen-bond donors (Lipinski definition) is 2. The number of aryl methyl sites for hydroxylation is 1. The number of hydrogen-bond acceptors (Lipinski definition) is 3. The van der Waals surface area contributed by atoms with E-state index in [0.29, 0.717) is 5.92 Å². The fourth-order valence-electron chi connectivity index (χ4n) is 4.18. The van der Waals surface area contributed by atoms with Gasteiger partial charge >= 0.3 is 0 Å². The maximum absolute atomic E-state index is 14.0. The van der Waals surface area contributed by atoms with Gasteiger partial charge in [-0.3, -0.25) is 4.90 Å². The molecule has 0 radical (unpaired) electrons. The van der Waals surface area contributed by atoms with Crippen LogP contribution >= 0.6 is 0 Å². The van der Waals surface area contributed by atoms with Crippen molar-refractivity contribution in [2.75, 3.05) is 26.2 Å². The topological polar surface area (TPSA) is 35.5 Å². The lowest BCUT2D eigenvalue weighted by Crippen LogP contribution is -2.47. The number of piperazine rings is 1. The lowest BCUT2D eigenvalue weighted by Gasteiger charge is -2.42. The van der Waals surface area contributed by atoms with Crippen molar-refractivity contribution < 1.29 is 9.50 Å². The van der Waals surface area contributed by atoms with E-state index < -0.39 is 5.82 Å². The zero-order valence-corrected chi connectivity index (χ0v) is 13.4. The van der Waals surface area contributed by atoms with Gasteiger partial charge in [0.1, 0.15) is 0 Å². The highest BCUT2D eigenvalue weighted by Crippen LogP contribution is 2.43. The van der Waals surface area contributed by atoms with Crippen LogP contribution in [0.3, 0.4) is 0 Å². The quantitative estimate of drug-likeness (QED) is 0.899. The van der Waals surface area contributed by atoms with E-state index in [1.54, 1.807) is 0 Å². The van der Waals surface area contributed by atoms with Crippen LogP contribution in [-0.2, 0) is 0 Å². The standard InChI is InChI=1S/C18H27FN2O/c1-13-7-8-15(19)18(22)16(13)17(14-5-3-2-4-6-14)21-11-9-20-10-12-21/h7-8,14,17,20,22H,2-6,9-12H2,1H3/t17-/m1/s1. The minimum atomic E-state index is -0.489. The molecule has 0 unspecified atom stereocenters. The molecule has 3 rings (SSSR count). The molecule has 0 spiro atoms. The molecule has 0 bridgehead atoms. The van der Waals surface area contributed by atoms with Crippen LogP contribution < -0.4 is 5.32 Å². The molecule has 2 aliphatic rings. The van der Waals surface area contributed by atoms with Gasteiger partial charge in [-0.2, -0.15) is 0 Å². The smallest absolute Gasteiger partial charge is 0.165 e. The molecule has 122 valence electrons. The van der Waals surface area contributed by atoms with Gasteiger partial charge in [0.05, 0.1) is 0 Å². The maximum Gasteiger partial charge on any atom is 0.165 e. The number of phenols is 1. The molecule has 22 heavy (non-hydrogen) atoms. The Morgan fingerprint density at radius 3 is 2.55 bits per heavy atom. The average molecular weight is 306 g/mol. The van der Waals surface area contributed by atoms with Gasteiger partial charge in [-0.15, -0.1) is 0 Å². The van der Waals surface area contributed by atoms with Gasteiger partial charge in [-0.05, 0) is 37.3 Å². The van der Waals surface area contributed by atoms with Crippen molar-refractivity contribution in [3.05, 3.63) is 29.1 Å². The SMILES string of the molecule is Cc1ccc(F)c(O)c1[C@@H](C1CCCCC1)N1CCNCC1. The van der Waals surface area contributed by atoms with E-state index in [0.717, 1.165) is 37.3 Å². The van der Waals surface area contributed by atoms with Crippen LogP contribution in [0.25, 0.3) is 0 Å². The molecular weight excluding hydrogens is 279 g/mol. The highest BCUT2D eigenvalue weighted by atomic mass is 19.1. The lowest BCUT2D eigenvalue weighted by atomic mass is 9.78. The monoisotopic (exact) mass is 306 g/mol. The van der Waals surface area contributed by atoms with Crippen molar-refractivity contribution in [2.45, 2.75) is 45.1 Å². The molecule has 1 saturated heterocycles. The van der Waals surface area contributed by atoms with Crippen LogP contribution in [0.5, 0.6) is 5.75 Å². The molecular formula is C18H27FN2O. The van der Waals surface area contributed by atoms with Gasteiger partial charge < -0.3 is 10.4 Å². The summed E-state index contributed by atoms with van der Waals surface area (Å²) in [4.78, 5) is 2.45. The van der Waals surface area contributed by atoms with Crippen molar-refractivity contribution in [1.82, 2.24) is 10.2 Å². The Hall–Kier alpha value is -1.13. The van der Waals surface area contributed by atoms with Gasteiger partial charge in [0.2, 0.25) is 0 Å². The number of nitrogens with one attached hydrogen (secondary N) is 1. The average Bonchev–Trinajstić information content (AvgIpc) is 2.57. The molecule has 1 aromatic rings. The fraction of sp³-hybridized carbons (Fsp3) is 0.667. The van der Waals surface area contributed by atoms with Gasteiger partial charge in [-0.25, -0.2) is 4.39 Å². The highest BCUT2D eigenvalue weighted by Gasteiger charge is 2.34. The normalized spacial score (nSPS) is 22.6. The van der Waals surface area contributed by atoms with Crippen LogP contribution in [0, 0.1) is 18.7 Å².